The summed E-state index contributed by atoms with van der Waals surface area (Å²) in [4.78, 5) is 38.5. The number of hydrogen-bond acceptors (Lipinski definition) is 3. The van der Waals surface area contributed by atoms with E-state index in [0.717, 1.165) is 16.0 Å². The van der Waals surface area contributed by atoms with Crippen LogP contribution < -0.4 is 5.73 Å². The lowest BCUT2D eigenvalue weighted by Crippen LogP contribution is -2.47. The highest BCUT2D eigenvalue weighted by Crippen LogP contribution is 2.30. The van der Waals surface area contributed by atoms with Gasteiger partial charge < -0.3 is 5.73 Å². The number of fused-ring (bicyclic) bond motifs is 1. The quantitative estimate of drug-likeness (QED) is 0.688. The highest BCUT2D eigenvalue weighted by molar-refractivity contribution is 6.18. The van der Waals surface area contributed by atoms with Crippen LogP contribution in [0.15, 0.2) is 48.5 Å². The normalized spacial score (nSPS) is 16.9. The third-order valence-electron chi connectivity index (χ3n) is 4.50. The van der Waals surface area contributed by atoms with E-state index < -0.39 is 23.6 Å². The molecule has 1 heterocycles. The SMILES string of the molecule is CC(C)c1cccc(CN2C(=O)c3ccccc3C(C(N)=O)C2=O)c1. The number of hydrogen-bond donors (Lipinski definition) is 1. The summed E-state index contributed by atoms with van der Waals surface area (Å²) in [5.41, 5.74) is 8.15. The van der Waals surface area contributed by atoms with E-state index in [1.165, 1.54) is 0 Å². The number of carbonyl (C=O) groups is 3. The van der Waals surface area contributed by atoms with Gasteiger partial charge in [-0.3, -0.25) is 19.3 Å². The monoisotopic (exact) mass is 336 g/mol. The van der Waals surface area contributed by atoms with E-state index in [2.05, 4.69) is 13.8 Å². The number of primary amides is 1. The van der Waals surface area contributed by atoms with Gasteiger partial charge in [-0.1, -0.05) is 56.3 Å². The van der Waals surface area contributed by atoms with Crippen LogP contribution in [0.2, 0.25) is 0 Å². The lowest BCUT2D eigenvalue weighted by Gasteiger charge is -2.31. The Morgan fingerprint density at radius 3 is 2.52 bits per heavy atom. The van der Waals surface area contributed by atoms with Gasteiger partial charge in [-0.2, -0.15) is 0 Å². The fourth-order valence-electron chi connectivity index (χ4n) is 3.14. The maximum atomic E-state index is 12.8. The number of carbonyl (C=O) groups excluding carboxylic acids is 3. The molecule has 1 aliphatic rings. The van der Waals surface area contributed by atoms with Crippen LogP contribution in [0.3, 0.4) is 0 Å². The van der Waals surface area contributed by atoms with Crippen molar-refractivity contribution in [3.05, 3.63) is 70.8 Å². The summed E-state index contributed by atoms with van der Waals surface area (Å²) in [7, 11) is 0. The minimum Gasteiger partial charge on any atom is -0.369 e. The van der Waals surface area contributed by atoms with Crippen LogP contribution in [0.1, 0.15) is 52.7 Å². The Hall–Kier alpha value is -2.95. The molecule has 1 unspecified atom stereocenters. The average molecular weight is 336 g/mol. The van der Waals surface area contributed by atoms with Gasteiger partial charge in [0.1, 0.15) is 5.92 Å². The first-order chi connectivity index (χ1) is 11.9. The Labute approximate surface area is 146 Å². The standard InChI is InChI=1S/C20H20N2O3/c1-12(2)14-7-5-6-13(10-14)11-22-19(24)16-9-4-3-8-15(16)17(18(21)23)20(22)25/h3-10,12,17H,11H2,1-2H3,(H2,21,23). The van der Waals surface area contributed by atoms with Crippen LogP contribution in [0.4, 0.5) is 0 Å². The fraction of sp³-hybridized carbons (Fsp3) is 0.250. The summed E-state index contributed by atoms with van der Waals surface area (Å²) in [5.74, 6) is -2.49. The van der Waals surface area contributed by atoms with Crippen molar-refractivity contribution in [2.45, 2.75) is 32.2 Å². The van der Waals surface area contributed by atoms with E-state index in [9.17, 15) is 14.4 Å². The van der Waals surface area contributed by atoms with E-state index in [1.54, 1.807) is 24.3 Å². The number of benzene rings is 2. The molecule has 25 heavy (non-hydrogen) atoms. The van der Waals surface area contributed by atoms with Crippen LogP contribution in [0, 0.1) is 0 Å². The van der Waals surface area contributed by atoms with Crippen LogP contribution in [-0.2, 0) is 16.1 Å². The molecule has 0 saturated heterocycles. The van der Waals surface area contributed by atoms with Crippen LogP contribution in [0.5, 0.6) is 0 Å². The van der Waals surface area contributed by atoms with Gasteiger partial charge in [-0.05, 0) is 28.7 Å². The van der Waals surface area contributed by atoms with Crippen molar-refractivity contribution < 1.29 is 14.4 Å². The first kappa shape index (κ1) is 16.9. The van der Waals surface area contributed by atoms with Crippen molar-refractivity contribution >= 4 is 17.7 Å². The van der Waals surface area contributed by atoms with Crippen molar-refractivity contribution in [3.8, 4) is 0 Å². The third kappa shape index (κ3) is 3.05. The summed E-state index contributed by atoms with van der Waals surface area (Å²) in [6.07, 6.45) is 0. The number of rotatable bonds is 4. The van der Waals surface area contributed by atoms with Crippen molar-refractivity contribution in [1.29, 1.82) is 0 Å². The molecule has 128 valence electrons. The summed E-state index contributed by atoms with van der Waals surface area (Å²) < 4.78 is 0. The predicted octanol–water partition coefficient (Wildman–Crippen LogP) is 2.56. The second-order valence-corrected chi connectivity index (χ2v) is 6.55. The first-order valence-electron chi connectivity index (χ1n) is 8.23. The molecule has 0 bridgehead atoms. The molecule has 3 rings (SSSR count). The molecule has 0 aromatic heterocycles. The molecular formula is C20H20N2O3. The van der Waals surface area contributed by atoms with Crippen molar-refractivity contribution in [1.82, 2.24) is 4.90 Å². The maximum Gasteiger partial charge on any atom is 0.261 e. The molecule has 5 heteroatoms. The van der Waals surface area contributed by atoms with E-state index >= 15 is 0 Å². The van der Waals surface area contributed by atoms with Gasteiger partial charge in [0.2, 0.25) is 11.8 Å². The molecule has 0 fully saturated rings. The highest BCUT2D eigenvalue weighted by Gasteiger charge is 2.41. The van der Waals surface area contributed by atoms with Crippen molar-refractivity contribution in [2.24, 2.45) is 5.73 Å². The second-order valence-electron chi connectivity index (χ2n) is 6.55. The van der Waals surface area contributed by atoms with Crippen molar-refractivity contribution in [3.63, 3.8) is 0 Å². The fourth-order valence-corrected chi connectivity index (χ4v) is 3.14. The van der Waals surface area contributed by atoms with E-state index in [1.807, 2.05) is 24.3 Å². The van der Waals surface area contributed by atoms with Gasteiger partial charge >= 0.3 is 0 Å². The van der Waals surface area contributed by atoms with Crippen LogP contribution >= 0.6 is 0 Å². The predicted molar refractivity (Wildman–Crippen MR) is 93.8 cm³/mol. The molecule has 1 atom stereocenters. The van der Waals surface area contributed by atoms with Gasteiger partial charge in [-0.15, -0.1) is 0 Å². The van der Waals surface area contributed by atoms with E-state index in [4.69, 9.17) is 5.73 Å². The van der Waals surface area contributed by atoms with Gasteiger partial charge in [0.05, 0.1) is 6.54 Å². The Morgan fingerprint density at radius 1 is 1.12 bits per heavy atom. The minimum absolute atomic E-state index is 0.121. The number of imide groups is 1. The molecular weight excluding hydrogens is 316 g/mol. The summed E-state index contributed by atoms with van der Waals surface area (Å²) in [6, 6.07) is 14.4. The average Bonchev–Trinajstić information content (AvgIpc) is 2.58. The van der Waals surface area contributed by atoms with Crippen LogP contribution in [-0.4, -0.2) is 22.6 Å². The zero-order valence-electron chi connectivity index (χ0n) is 14.2. The zero-order chi connectivity index (χ0) is 18.1. The molecule has 1 aliphatic heterocycles. The third-order valence-corrected chi connectivity index (χ3v) is 4.50. The molecule has 5 nitrogen and oxygen atoms in total. The molecule has 0 radical (unpaired) electrons. The smallest absolute Gasteiger partial charge is 0.261 e. The van der Waals surface area contributed by atoms with E-state index in [-0.39, 0.29) is 6.54 Å². The van der Waals surface area contributed by atoms with Crippen LogP contribution in [0.25, 0.3) is 0 Å². The Balaban J connectivity index is 2.00. The number of amides is 3. The maximum absolute atomic E-state index is 12.8. The largest absolute Gasteiger partial charge is 0.369 e. The molecule has 0 spiro atoms. The van der Waals surface area contributed by atoms with Gasteiger partial charge in [0, 0.05) is 5.56 Å². The Kier molecular flexibility index (Phi) is 4.40. The summed E-state index contributed by atoms with van der Waals surface area (Å²) in [5, 5.41) is 0. The van der Waals surface area contributed by atoms with E-state index in [0.29, 0.717) is 17.0 Å². The van der Waals surface area contributed by atoms with Gasteiger partial charge in [0.15, 0.2) is 0 Å². The summed E-state index contributed by atoms with van der Waals surface area (Å²) >= 11 is 0. The van der Waals surface area contributed by atoms with Gasteiger partial charge in [-0.25, -0.2) is 0 Å². The summed E-state index contributed by atoms with van der Waals surface area (Å²) in [6.45, 7) is 4.28. The first-order valence-corrected chi connectivity index (χ1v) is 8.23. The Morgan fingerprint density at radius 2 is 1.84 bits per heavy atom. The van der Waals surface area contributed by atoms with Crippen molar-refractivity contribution in [2.75, 3.05) is 0 Å². The molecule has 0 aliphatic carbocycles. The number of nitrogens with two attached hydrogens (primary N) is 1. The topological polar surface area (TPSA) is 80.5 Å². The minimum atomic E-state index is -1.12. The molecule has 0 saturated carbocycles. The second kappa shape index (κ2) is 6.51. The number of nitrogens with zero attached hydrogens (tertiary/aromatic N) is 1. The molecule has 2 aromatic rings. The molecule has 2 aromatic carbocycles. The lowest BCUT2D eigenvalue weighted by atomic mass is 9.87. The highest BCUT2D eigenvalue weighted by atomic mass is 16.2. The molecule has 3 amide bonds. The van der Waals surface area contributed by atoms with Gasteiger partial charge in [0.25, 0.3) is 5.91 Å². The zero-order valence-corrected chi connectivity index (χ0v) is 14.2. The lowest BCUT2D eigenvalue weighted by molar-refractivity contribution is -0.136. The molecule has 2 N–H and O–H groups in total. The Bertz CT molecular complexity index is 858.